The normalized spacial score (nSPS) is 12.4. The van der Waals surface area contributed by atoms with Gasteiger partial charge >= 0.3 is 0 Å². The highest BCUT2D eigenvalue weighted by Crippen LogP contribution is 2.34. The molecule has 242 valence electrons. The van der Waals surface area contributed by atoms with Crippen molar-refractivity contribution in [3.05, 3.63) is 120 Å². The molecular formula is C36H41N3O6S. The molecule has 0 fully saturated rings. The number of hydrogen-bond donors (Lipinski definition) is 1. The second kappa shape index (κ2) is 15.9. The zero-order valence-electron chi connectivity index (χ0n) is 26.6. The largest absolute Gasteiger partial charge is 0.493 e. The predicted molar refractivity (Wildman–Crippen MR) is 179 cm³/mol. The van der Waals surface area contributed by atoms with Crippen LogP contribution in [-0.4, -0.2) is 58.0 Å². The van der Waals surface area contributed by atoms with Crippen molar-refractivity contribution in [3.8, 4) is 11.5 Å². The molecule has 10 heteroatoms. The van der Waals surface area contributed by atoms with Gasteiger partial charge < -0.3 is 19.7 Å². The number of carbonyl (C=O) groups is 2. The van der Waals surface area contributed by atoms with Crippen molar-refractivity contribution in [1.82, 2.24) is 10.2 Å². The first-order valence-electron chi connectivity index (χ1n) is 15.1. The standard InChI is InChI=1S/C36H41N3O6S/c1-5-27(2)37-36(41)32(23-28-15-9-6-10-16-28)38(25-29-17-11-7-12-18-29)35(40)26-39(46(42,43)31-19-13-8-14-20-31)30-21-22-33(44-3)34(24-30)45-4/h6-22,24,27,32H,5,23,25-26H2,1-4H3,(H,37,41)/t27-,32+/m1/s1. The second-order valence-electron chi connectivity index (χ2n) is 10.9. The molecule has 0 aromatic heterocycles. The first-order chi connectivity index (χ1) is 22.2. The zero-order valence-corrected chi connectivity index (χ0v) is 27.4. The van der Waals surface area contributed by atoms with E-state index < -0.39 is 28.5 Å². The summed E-state index contributed by atoms with van der Waals surface area (Å²) in [6.07, 6.45) is 0.947. The van der Waals surface area contributed by atoms with E-state index in [1.54, 1.807) is 30.3 Å². The lowest BCUT2D eigenvalue weighted by Gasteiger charge is -2.34. The van der Waals surface area contributed by atoms with E-state index in [2.05, 4.69) is 5.32 Å². The van der Waals surface area contributed by atoms with Crippen molar-refractivity contribution in [1.29, 1.82) is 0 Å². The molecule has 0 unspecified atom stereocenters. The Bertz CT molecular complexity index is 1690. The molecule has 1 N–H and O–H groups in total. The maximum absolute atomic E-state index is 14.6. The van der Waals surface area contributed by atoms with Crippen molar-refractivity contribution >= 4 is 27.5 Å². The van der Waals surface area contributed by atoms with Crippen LogP contribution in [0.5, 0.6) is 11.5 Å². The fourth-order valence-corrected chi connectivity index (χ4v) is 6.43. The summed E-state index contributed by atoms with van der Waals surface area (Å²) in [6, 6.07) is 30.4. The van der Waals surface area contributed by atoms with E-state index in [9.17, 15) is 18.0 Å². The average Bonchev–Trinajstić information content (AvgIpc) is 3.09. The van der Waals surface area contributed by atoms with Crippen LogP contribution in [0.4, 0.5) is 5.69 Å². The summed E-state index contributed by atoms with van der Waals surface area (Å²) in [5, 5.41) is 3.04. The molecule has 0 aliphatic carbocycles. The van der Waals surface area contributed by atoms with Crippen LogP contribution in [-0.2, 0) is 32.6 Å². The number of carbonyl (C=O) groups excluding carboxylic acids is 2. The Morgan fingerprint density at radius 2 is 1.35 bits per heavy atom. The number of hydrogen-bond acceptors (Lipinski definition) is 6. The number of nitrogens with one attached hydrogen (secondary N) is 1. The molecule has 0 radical (unpaired) electrons. The third-order valence-electron chi connectivity index (χ3n) is 7.73. The lowest BCUT2D eigenvalue weighted by Crippen LogP contribution is -2.54. The third kappa shape index (κ3) is 8.45. The van der Waals surface area contributed by atoms with Gasteiger partial charge in [0.2, 0.25) is 11.8 Å². The van der Waals surface area contributed by atoms with Gasteiger partial charge in [0.25, 0.3) is 10.0 Å². The number of anilines is 1. The van der Waals surface area contributed by atoms with Gasteiger partial charge in [0, 0.05) is 25.1 Å². The average molecular weight is 644 g/mol. The summed E-state index contributed by atoms with van der Waals surface area (Å²) in [4.78, 5) is 30.0. The molecule has 46 heavy (non-hydrogen) atoms. The Kier molecular flexibility index (Phi) is 11.8. The van der Waals surface area contributed by atoms with E-state index in [0.29, 0.717) is 17.9 Å². The molecule has 2 atom stereocenters. The molecule has 0 spiro atoms. The van der Waals surface area contributed by atoms with Crippen LogP contribution in [0.25, 0.3) is 0 Å². The number of rotatable bonds is 15. The first kappa shape index (κ1) is 34.1. The fraction of sp³-hybridized carbons (Fsp3) is 0.278. The van der Waals surface area contributed by atoms with Crippen molar-refractivity contribution < 1.29 is 27.5 Å². The van der Waals surface area contributed by atoms with Gasteiger partial charge in [0.1, 0.15) is 12.6 Å². The highest BCUT2D eigenvalue weighted by molar-refractivity contribution is 7.92. The maximum atomic E-state index is 14.6. The summed E-state index contributed by atoms with van der Waals surface area (Å²) in [5.74, 6) is -0.147. The molecule has 0 bridgehead atoms. The van der Waals surface area contributed by atoms with Gasteiger partial charge in [-0.1, -0.05) is 85.8 Å². The molecular weight excluding hydrogens is 602 g/mol. The van der Waals surface area contributed by atoms with Crippen LogP contribution >= 0.6 is 0 Å². The van der Waals surface area contributed by atoms with E-state index in [-0.39, 0.29) is 35.5 Å². The number of benzene rings is 4. The Hall–Kier alpha value is -4.83. The minimum Gasteiger partial charge on any atom is -0.493 e. The lowest BCUT2D eigenvalue weighted by atomic mass is 10.0. The van der Waals surface area contributed by atoms with Crippen molar-refractivity contribution in [2.24, 2.45) is 0 Å². The van der Waals surface area contributed by atoms with Crippen LogP contribution < -0.4 is 19.1 Å². The predicted octanol–water partition coefficient (Wildman–Crippen LogP) is 5.45. The van der Waals surface area contributed by atoms with Crippen molar-refractivity contribution in [3.63, 3.8) is 0 Å². The second-order valence-corrected chi connectivity index (χ2v) is 12.8. The number of nitrogens with zero attached hydrogens (tertiary/aromatic N) is 2. The van der Waals surface area contributed by atoms with Gasteiger partial charge in [-0.3, -0.25) is 13.9 Å². The zero-order chi connectivity index (χ0) is 33.1. The maximum Gasteiger partial charge on any atom is 0.264 e. The molecule has 4 aromatic carbocycles. The summed E-state index contributed by atoms with van der Waals surface area (Å²) in [5.41, 5.74) is 1.87. The van der Waals surface area contributed by atoms with Crippen LogP contribution in [0.1, 0.15) is 31.4 Å². The summed E-state index contributed by atoms with van der Waals surface area (Å²) >= 11 is 0. The van der Waals surface area contributed by atoms with Gasteiger partial charge in [0.15, 0.2) is 11.5 Å². The van der Waals surface area contributed by atoms with Gasteiger partial charge in [-0.15, -0.1) is 0 Å². The molecule has 4 rings (SSSR count). The number of amides is 2. The van der Waals surface area contributed by atoms with E-state index in [1.807, 2.05) is 74.5 Å². The topological polar surface area (TPSA) is 105 Å². The molecule has 0 aliphatic rings. The fourth-order valence-electron chi connectivity index (χ4n) is 5.00. The minimum atomic E-state index is -4.24. The number of ether oxygens (including phenoxy) is 2. The van der Waals surface area contributed by atoms with E-state index in [0.717, 1.165) is 15.4 Å². The number of sulfonamides is 1. The quantitative estimate of drug-likeness (QED) is 0.185. The number of methoxy groups -OCH3 is 2. The molecule has 0 heterocycles. The third-order valence-corrected chi connectivity index (χ3v) is 9.52. The van der Waals surface area contributed by atoms with Crippen LogP contribution in [0.15, 0.2) is 114 Å². The molecule has 9 nitrogen and oxygen atoms in total. The Balaban J connectivity index is 1.82. The SMILES string of the molecule is CC[C@@H](C)NC(=O)[C@H](Cc1ccccc1)N(Cc1ccccc1)C(=O)CN(c1ccc(OC)c(OC)c1)S(=O)(=O)c1ccccc1. The Labute approximate surface area is 271 Å². The van der Waals surface area contributed by atoms with Gasteiger partial charge in [0.05, 0.1) is 24.8 Å². The first-order valence-corrected chi connectivity index (χ1v) is 16.6. The van der Waals surface area contributed by atoms with Crippen molar-refractivity contribution in [2.45, 2.75) is 50.2 Å². The van der Waals surface area contributed by atoms with Gasteiger partial charge in [-0.25, -0.2) is 8.42 Å². The van der Waals surface area contributed by atoms with Crippen LogP contribution in [0, 0.1) is 0 Å². The monoisotopic (exact) mass is 643 g/mol. The van der Waals surface area contributed by atoms with Crippen molar-refractivity contribution in [2.75, 3.05) is 25.1 Å². The lowest BCUT2D eigenvalue weighted by molar-refractivity contribution is -0.140. The highest BCUT2D eigenvalue weighted by atomic mass is 32.2. The van der Waals surface area contributed by atoms with E-state index >= 15 is 0 Å². The minimum absolute atomic E-state index is 0.0162. The van der Waals surface area contributed by atoms with Gasteiger partial charge in [-0.05, 0) is 48.7 Å². The van der Waals surface area contributed by atoms with Gasteiger partial charge in [-0.2, -0.15) is 0 Å². The Morgan fingerprint density at radius 3 is 1.91 bits per heavy atom. The summed E-state index contributed by atoms with van der Waals surface area (Å²) in [6.45, 7) is 3.41. The highest BCUT2D eigenvalue weighted by Gasteiger charge is 2.35. The van der Waals surface area contributed by atoms with E-state index in [4.69, 9.17) is 9.47 Å². The Morgan fingerprint density at radius 1 is 0.783 bits per heavy atom. The van der Waals surface area contributed by atoms with Crippen LogP contribution in [0.2, 0.25) is 0 Å². The smallest absolute Gasteiger partial charge is 0.264 e. The van der Waals surface area contributed by atoms with E-state index in [1.165, 1.54) is 37.3 Å². The molecule has 0 saturated carbocycles. The summed E-state index contributed by atoms with van der Waals surface area (Å²) < 4.78 is 40.3. The molecule has 4 aromatic rings. The molecule has 0 aliphatic heterocycles. The summed E-state index contributed by atoms with van der Waals surface area (Å²) in [7, 11) is -1.30. The molecule has 2 amide bonds. The van der Waals surface area contributed by atoms with Crippen LogP contribution in [0.3, 0.4) is 0 Å². The molecule has 0 saturated heterocycles.